The number of halogens is 1. The summed E-state index contributed by atoms with van der Waals surface area (Å²) < 4.78 is 0.723. The maximum atomic E-state index is 12.1. The number of pyridine rings is 1. The first kappa shape index (κ1) is 14.0. The maximum Gasteiger partial charge on any atom is 0.307 e. The summed E-state index contributed by atoms with van der Waals surface area (Å²) in [5.74, 6) is -2.29. The number of hydrogen-bond donors (Lipinski definition) is 2. The molecule has 19 heavy (non-hydrogen) atoms. The Morgan fingerprint density at radius 3 is 2.53 bits per heavy atom. The Morgan fingerprint density at radius 1 is 1.42 bits per heavy atom. The molecule has 1 saturated carbocycles. The standard InChI is InChI=1S/C13H15BrN2O3/c1-6-4-7(5-15-10(6)14)16-11(17)8-9(12(18)19)13(8,2)3/h4-5,8-9H,1-3H3,(H,16,17)(H,18,19)/t8-,9+/m1/s1. The number of aromatic nitrogens is 1. The van der Waals surface area contributed by atoms with E-state index in [2.05, 4.69) is 26.2 Å². The number of anilines is 1. The highest BCUT2D eigenvalue weighted by Gasteiger charge is 2.65. The molecule has 0 unspecified atom stereocenters. The summed E-state index contributed by atoms with van der Waals surface area (Å²) in [6.45, 7) is 5.45. The van der Waals surface area contributed by atoms with E-state index in [1.54, 1.807) is 26.1 Å². The second-order valence-electron chi connectivity index (χ2n) is 5.44. The van der Waals surface area contributed by atoms with Gasteiger partial charge in [-0.2, -0.15) is 0 Å². The zero-order valence-electron chi connectivity index (χ0n) is 10.9. The Labute approximate surface area is 119 Å². The first-order valence-corrected chi connectivity index (χ1v) is 6.70. The molecule has 2 N–H and O–H groups in total. The molecule has 0 radical (unpaired) electrons. The summed E-state index contributed by atoms with van der Waals surface area (Å²) in [5, 5.41) is 11.8. The molecule has 2 rings (SSSR count). The zero-order valence-corrected chi connectivity index (χ0v) is 12.5. The number of rotatable bonds is 3. The summed E-state index contributed by atoms with van der Waals surface area (Å²) in [6, 6.07) is 1.79. The molecule has 0 aliphatic heterocycles. The minimum absolute atomic E-state index is 0.263. The molecule has 2 atom stereocenters. The Morgan fingerprint density at radius 2 is 2.05 bits per heavy atom. The molecule has 0 saturated heterocycles. The third-order valence-electron chi connectivity index (χ3n) is 3.66. The van der Waals surface area contributed by atoms with Crippen LogP contribution >= 0.6 is 15.9 Å². The highest BCUT2D eigenvalue weighted by Crippen LogP contribution is 2.58. The van der Waals surface area contributed by atoms with Crippen molar-refractivity contribution in [3.8, 4) is 0 Å². The monoisotopic (exact) mass is 326 g/mol. The van der Waals surface area contributed by atoms with Gasteiger partial charge in [-0.3, -0.25) is 9.59 Å². The first-order valence-electron chi connectivity index (χ1n) is 5.91. The molecule has 5 nitrogen and oxygen atoms in total. The molecule has 0 spiro atoms. The number of hydrogen-bond acceptors (Lipinski definition) is 3. The van der Waals surface area contributed by atoms with E-state index >= 15 is 0 Å². The summed E-state index contributed by atoms with van der Waals surface area (Å²) in [6.07, 6.45) is 1.54. The second kappa shape index (κ2) is 4.59. The van der Waals surface area contributed by atoms with Gasteiger partial charge in [0, 0.05) is 0 Å². The Kier molecular flexibility index (Phi) is 3.38. The third-order valence-corrected chi connectivity index (χ3v) is 4.49. The van der Waals surface area contributed by atoms with Gasteiger partial charge in [-0.25, -0.2) is 4.98 Å². The summed E-state index contributed by atoms with van der Waals surface area (Å²) >= 11 is 3.28. The molecule has 102 valence electrons. The molecule has 1 aromatic rings. The average molecular weight is 327 g/mol. The van der Waals surface area contributed by atoms with E-state index in [1.165, 1.54) is 0 Å². The normalized spacial score (nSPS) is 23.8. The van der Waals surface area contributed by atoms with Crippen molar-refractivity contribution in [1.29, 1.82) is 0 Å². The Hall–Kier alpha value is -1.43. The number of carboxylic acid groups (broad SMARTS) is 1. The van der Waals surface area contributed by atoms with Crippen molar-refractivity contribution in [1.82, 2.24) is 4.98 Å². The highest BCUT2D eigenvalue weighted by atomic mass is 79.9. The molecule has 6 heteroatoms. The molecule has 0 bridgehead atoms. The lowest BCUT2D eigenvalue weighted by atomic mass is 10.1. The lowest BCUT2D eigenvalue weighted by Gasteiger charge is -2.07. The highest BCUT2D eigenvalue weighted by molar-refractivity contribution is 9.10. The smallest absolute Gasteiger partial charge is 0.307 e. The molecular weight excluding hydrogens is 312 g/mol. The SMILES string of the molecule is Cc1cc(NC(=O)[C@H]2[C@@H](C(=O)O)C2(C)C)cnc1Br. The predicted octanol–water partition coefficient (Wildman–Crippen LogP) is 2.45. The van der Waals surface area contributed by atoms with Crippen LogP contribution in [0.25, 0.3) is 0 Å². The maximum absolute atomic E-state index is 12.1. The fourth-order valence-electron chi connectivity index (χ4n) is 2.43. The van der Waals surface area contributed by atoms with Gasteiger partial charge in [0.2, 0.25) is 5.91 Å². The van der Waals surface area contributed by atoms with Crippen LogP contribution in [0.2, 0.25) is 0 Å². The first-order chi connectivity index (χ1) is 8.75. The van der Waals surface area contributed by atoms with Crippen molar-refractivity contribution in [3.05, 3.63) is 22.4 Å². The summed E-state index contributed by atoms with van der Waals surface area (Å²) in [4.78, 5) is 27.2. The van der Waals surface area contributed by atoms with Crippen LogP contribution < -0.4 is 5.32 Å². The largest absolute Gasteiger partial charge is 0.481 e. The second-order valence-corrected chi connectivity index (χ2v) is 6.19. The van der Waals surface area contributed by atoms with Gasteiger partial charge in [0.1, 0.15) is 4.60 Å². The van der Waals surface area contributed by atoms with Crippen LogP contribution in [-0.2, 0) is 9.59 Å². The van der Waals surface area contributed by atoms with Crippen molar-refractivity contribution in [2.75, 3.05) is 5.32 Å². The van der Waals surface area contributed by atoms with E-state index in [-0.39, 0.29) is 5.91 Å². The molecular formula is C13H15BrN2O3. The van der Waals surface area contributed by atoms with Gasteiger partial charge in [0.25, 0.3) is 0 Å². The zero-order chi connectivity index (χ0) is 14.4. The van der Waals surface area contributed by atoms with Crippen LogP contribution in [0.4, 0.5) is 5.69 Å². The summed E-state index contributed by atoms with van der Waals surface area (Å²) in [7, 11) is 0. The van der Waals surface area contributed by atoms with Crippen molar-refractivity contribution in [2.45, 2.75) is 20.8 Å². The van der Waals surface area contributed by atoms with E-state index in [9.17, 15) is 9.59 Å². The number of nitrogens with one attached hydrogen (secondary N) is 1. The quantitative estimate of drug-likeness (QED) is 0.836. The molecule has 1 aliphatic rings. The van der Waals surface area contributed by atoms with Crippen molar-refractivity contribution < 1.29 is 14.7 Å². The number of carbonyl (C=O) groups is 2. The predicted molar refractivity (Wildman–Crippen MR) is 73.7 cm³/mol. The lowest BCUT2D eigenvalue weighted by Crippen LogP contribution is -2.18. The van der Waals surface area contributed by atoms with E-state index in [4.69, 9.17) is 5.11 Å². The number of amides is 1. The number of aryl methyl sites for hydroxylation is 1. The van der Waals surface area contributed by atoms with Gasteiger partial charge in [-0.05, 0) is 39.9 Å². The van der Waals surface area contributed by atoms with Gasteiger partial charge < -0.3 is 10.4 Å². The molecule has 1 aliphatic carbocycles. The van der Waals surface area contributed by atoms with Crippen LogP contribution in [0.1, 0.15) is 19.4 Å². The minimum Gasteiger partial charge on any atom is -0.481 e. The van der Waals surface area contributed by atoms with Crippen molar-refractivity contribution in [2.24, 2.45) is 17.3 Å². The molecule has 0 aromatic carbocycles. The van der Waals surface area contributed by atoms with E-state index < -0.39 is 23.2 Å². The van der Waals surface area contributed by atoms with E-state index in [1.807, 2.05) is 6.92 Å². The summed E-state index contributed by atoms with van der Waals surface area (Å²) in [5.41, 5.74) is 0.994. The van der Waals surface area contributed by atoms with Crippen molar-refractivity contribution >= 4 is 33.5 Å². The topological polar surface area (TPSA) is 79.3 Å². The lowest BCUT2D eigenvalue weighted by molar-refractivity contribution is -0.140. The van der Waals surface area contributed by atoms with Crippen LogP contribution in [0.15, 0.2) is 16.9 Å². The van der Waals surface area contributed by atoms with Gasteiger partial charge in [0.05, 0.1) is 23.7 Å². The van der Waals surface area contributed by atoms with Crippen LogP contribution in [0, 0.1) is 24.2 Å². The Balaban J connectivity index is 2.10. The molecule has 1 aromatic heterocycles. The van der Waals surface area contributed by atoms with Crippen LogP contribution in [-0.4, -0.2) is 22.0 Å². The number of carbonyl (C=O) groups excluding carboxylic acids is 1. The third kappa shape index (κ3) is 2.49. The molecule has 1 amide bonds. The Bertz CT molecular complexity index is 557. The number of carboxylic acids is 1. The fourth-order valence-corrected chi connectivity index (χ4v) is 2.65. The average Bonchev–Trinajstić information content (AvgIpc) is 2.87. The molecule has 1 heterocycles. The molecule has 1 fully saturated rings. The van der Waals surface area contributed by atoms with Gasteiger partial charge in [-0.15, -0.1) is 0 Å². The van der Waals surface area contributed by atoms with E-state index in [0.717, 1.165) is 10.2 Å². The van der Waals surface area contributed by atoms with E-state index in [0.29, 0.717) is 5.69 Å². The van der Waals surface area contributed by atoms with Gasteiger partial charge in [0.15, 0.2) is 0 Å². The van der Waals surface area contributed by atoms with Crippen LogP contribution in [0.5, 0.6) is 0 Å². The van der Waals surface area contributed by atoms with Gasteiger partial charge >= 0.3 is 5.97 Å². The number of aliphatic carboxylic acids is 1. The van der Waals surface area contributed by atoms with Gasteiger partial charge in [-0.1, -0.05) is 13.8 Å². The fraction of sp³-hybridized carbons (Fsp3) is 0.462. The van der Waals surface area contributed by atoms with Crippen LogP contribution in [0.3, 0.4) is 0 Å². The van der Waals surface area contributed by atoms with Crippen molar-refractivity contribution in [3.63, 3.8) is 0 Å². The number of nitrogens with zero attached hydrogens (tertiary/aromatic N) is 1. The minimum atomic E-state index is -0.921.